The average Bonchev–Trinajstić information content (AvgIpc) is 2.05. The third kappa shape index (κ3) is 1.77. The standard InChI is InChI=1S/C8H6F2O/c9-5-8(10)6-1-3-7(11)4-2-6/h1-5,11H. The highest BCUT2D eigenvalue weighted by Crippen LogP contribution is 2.18. The van der Waals surface area contributed by atoms with E-state index < -0.39 is 5.83 Å². The molecule has 1 aromatic rings. The van der Waals surface area contributed by atoms with E-state index in [1.54, 1.807) is 0 Å². The molecule has 1 rings (SSSR count). The SMILES string of the molecule is Oc1ccc(C(F)=CF)cc1. The van der Waals surface area contributed by atoms with Gasteiger partial charge in [-0.25, -0.2) is 8.78 Å². The second-order valence-corrected chi connectivity index (χ2v) is 2.00. The molecular weight excluding hydrogens is 150 g/mol. The molecule has 0 radical (unpaired) electrons. The van der Waals surface area contributed by atoms with Gasteiger partial charge in [0.05, 0.1) is 0 Å². The molecule has 0 atom stereocenters. The number of rotatable bonds is 1. The van der Waals surface area contributed by atoms with Gasteiger partial charge in [-0.1, -0.05) is 0 Å². The largest absolute Gasteiger partial charge is 0.508 e. The molecule has 0 unspecified atom stereocenters. The average molecular weight is 156 g/mol. The van der Waals surface area contributed by atoms with Crippen molar-refractivity contribution in [2.45, 2.75) is 0 Å². The van der Waals surface area contributed by atoms with Crippen molar-refractivity contribution in [2.75, 3.05) is 0 Å². The van der Waals surface area contributed by atoms with Gasteiger partial charge in [0.15, 0.2) is 5.83 Å². The molecule has 0 bridgehead atoms. The van der Waals surface area contributed by atoms with E-state index >= 15 is 0 Å². The molecule has 0 aliphatic carbocycles. The van der Waals surface area contributed by atoms with Gasteiger partial charge in [-0.05, 0) is 24.3 Å². The van der Waals surface area contributed by atoms with Crippen molar-refractivity contribution in [1.82, 2.24) is 0 Å². The Morgan fingerprint density at radius 3 is 2.27 bits per heavy atom. The first kappa shape index (κ1) is 7.72. The fraction of sp³-hybridized carbons (Fsp3) is 0. The summed E-state index contributed by atoms with van der Waals surface area (Å²) in [6, 6.07) is 5.17. The third-order valence-electron chi connectivity index (χ3n) is 1.24. The number of halogens is 2. The van der Waals surface area contributed by atoms with E-state index in [1.807, 2.05) is 0 Å². The van der Waals surface area contributed by atoms with E-state index in [2.05, 4.69) is 0 Å². The van der Waals surface area contributed by atoms with Crippen LogP contribution >= 0.6 is 0 Å². The number of hydrogen-bond acceptors (Lipinski definition) is 1. The fourth-order valence-corrected chi connectivity index (χ4v) is 0.684. The van der Waals surface area contributed by atoms with Crippen molar-refractivity contribution in [1.29, 1.82) is 0 Å². The quantitative estimate of drug-likeness (QED) is 0.662. The molecule has 0 fully saturated rings. The minimum absolute atomic E-state index is 0.0282. The number of hydrogen-bond donors (Lipinski definition) is 1. The molecule has 0 aliphatic rings. The van der Waals surface area contributed by atoms with Crippen LogP contribution in [0.1, 0.15) is 5.56 Å². The molecule has 1 nitrogen and oxygen atoms in total. The van der Waals surface area contributed by atoms with Gasteiger partial charge in [0, 0.05) is 5.56 Å². The summed E-state index contributed by atoms with van der Waals surface area (Å²) in [5.74, 6) is -0.912. The zero-order chi connectivity index (χ0) is 8.27. The van der Waals surface area contributed by atoms with Crippen LogP contribution in [0.4, 0.5) is 8.78 Å². The Bertz CT molecular complexity index is 264. The molecule has 0 spiro atoms. The molecule has 1 aromatic carbocycles. The minimum atomic E-state index is -0.940. The van der Waals surface area contributed by atoms with Gasteiger partial charge in [-0.3, -0.25) is 0 Å². The van der Waals surface area contributed by atoms with Crippen LogP contribution in [0.2, 0.25) is 0 Å². The van der Waals surface area contributed by atoms with Crippen molar-refractivity contribution in [3.63, 3.8) is 0 Å². The second kappa shape index (κ2) is 3.14. The maximum absolute atomic E-state index is 12.4. The van der Waals surface area contributed by atoms with Crippen LogP contribution in [0.3, 0.4) is 0 Å². The highest BCUT2D eigenvalue weighted by molar-refractivity contribution is 5.58. The number of aromatic hydroxyl groups is 1. The monoisotopic (exact) mass is 156 g/mol. The summed E-state index contributed by atoms with van der Waals surface area (Å²) in [4.78, 5) is 0. The molecule has 0 saturated carbocycles. The van der Waals surface area contributed by atoms with Crippen molar-refractivity contribution in [2.24, 2.45) is 0 Å². The normalized spacial score (nSPS) is 11.6. The summed E-state index contributed by atoms with van der Waals surface area (Å²) in [6.07, 6.45) is -0.119. The zero-order valence-electron chi connectivity index (χ0n) is 5.59. The first-order chi connectivity index (χ1) is 5.24. The molecule has 1 N–H and O–H groups in total. The minimum Gasteiger partial charge on any atom is -0.508 e. The maximum atomic E-state index is 12.4. The Morgan fingerprint density at radius 2 is 1.82 bits per heavy atom. The maximum Gasteiger partial charge on any atom is 0.158 e. The van der Waals surface area contributed by atoms with Crippen LogP contribution in [0.25, 0.3) is 5.83 Å². The topological polar surface area (TPSA) is 20.2 Å². The molecule has 0 aliphatic heterocycles. The van der Waals surface area contributed by atoms with E-state index in [1.165, 1.54) is 24.3 Å². The van der Waals surface area contributed by atoms with Crippen LogP contribution in [0.15, 0.2) is 30.6 Å². The van der Waals surface area contributed by atoms with E-state index in [-0.39, 0.29) is 17.6 Å². The number of phenols is 1. The van der Waals surface area contributed by atoms with E-state index in [0.29, 0.717) is 0 Å². The lowest BCUT2D eigenvalue weighted by molar-refractivity contribution is 0.475. The van der Waals surface area contributed by atoms with Gasteiger partial charge in [-0.15, -0.1) is 0 Å². The van der Waals surface area contributed by atoms with Crippen LogP contribution in [-0.2, 0) is 0 Å². The van der Waals surface area contributed by atoms with Crippen molar-refractivity contribution in [3.8, 4) is 5.75 Å². The molecule has 11 heavy (non-hydrogen) atoms. The Kier molecular flexibility index (Phi) is 2.21. The zero-order valence-corrected chi connectivity index (χ0v) is 5.59. The van der Waals surface area contributed by atoms with Crippen LogP contribution in [0.5, 0.6) is 5.75 Å². The molecule has 0 aromatic heterocycles. The summed E-state index contributed by atoms with van der Waals surface area (Å²) < 4.78 is 24.0. The van der Waals surface area contributed by atoms with Crippen molar-refractivity contribution >= 4 is 5.83 Å². The second-order valence-electron chi connectivity index (χ2n) is 2.00. The Balaban J connectivity index is 2.99. The molecule has 58 valence electrons. The molecule has 0 saturated heterocycles. The van der Waals surface area contributed by atoms with Gasteiger partial charge >= 0.3 is 0 Å². The van der Waals surface area contributed by atoms with Gasteiger partial charge in [-0.2, -0.15) is 0 Å². The number of benzene rings is 1. The Hall–Kier alpha value is -1.38. The van der Waals surface area contributed by atoms with Crippen LogP contribution < -0.4 is 0 Å². The fourth-order valence-electron chi connectivity index (χ4n) is 0.684. The molecule has 0 amide bonds. The smallest absolute Gasteiger partial charge is 0.158 e. The summed E-state index contributed by atoms with van der Waals surface area (Å²) in [6.45, 7) is 0. The predicted molar refractivity (Wildman–Crippen MR) is 38.3 cm³/mol. The van der Waals surface area contributed by atoms with Gasteiger partial charge in [0.1, 0.15) is 12.1 Å². The summed E-state index contributed by atoms with van der Waals surface area (Å²) >= 11 is 0. The number of phenolic OH excluding ortho intramolecular Hbond substituents is 1. The van der Waals surface area contributed by atoms with Crippen LogP contribution in [-0.4, -0.2) is 5.11 Å². The molecule has 0 heterocycles. The molecule has 3 heteroatoms. The van der Waals surface area contributed by atoms with Crippen molar-refractivity contribution < 1.29 is 13.9 Å². The summed E-state index contributed by atoms with van der Waals surface area (Å²) in [5, 5.41) is 8.78. The molecular formula is C8H6F2O. The Labute approximate surface area is 62.6 Å². The lowest BCUT2D eigenvalue weighted by atomic mass is 10.2. The van der Waals surface area contributed by atoms with E-state index in [0.717, 1.165) is 0 Å². The summed E-state index contributed by atoms with van der Waals surface area (Å²) in [7, 11) is 0. The highest BCUT2D eigenvalue weighted by atomic mass is 19.2. The lowest BCUT2D eigenvalue weighted by Crippen LogP contribution is -1.74. The summed E-state index contributed by atoms with van der Waals surface area (Å²) in [5.41, 5.74) is 0.116. The predicted octanol–water partition coefficient (Wildman–Crippen LogP) is 2.63. The lowest BCUT2D eigenvalue weighted by Gasteiger charge is -1.94. The van der Waals surface area contributed by atoms with E-state index in [4.69, 9.17) is 5.11 Å². The van der Waals surface area contributed by atoms with E-state index in [9.17, 15) is 8.78 Å². The third-order valence-corrected chi connectivity index (χ3v) is 1.24. The van der Waals surface area contributed by atoms with Gasteiger partial charge in [0.25, 0.3) is 0 Å². The van der Waals surface area contributed by atoms with Crippen molar-refractivity contribution in [3.05, 3.63) is 36.2 Å². The highest BCUT2D eigenvalue weighted by Gasteiger charge is 1.98. The van der Waals surface area contributed by atoms with Gasteiger partial charge in [0.2, 0.25) is 0 Å². The first-order valence-electron chi connectivity index (χ1n) is 2.99. The Morgan fingerprint density at radius 1 is 1.27 bits per heavy atom. The van der Waals surface area contributed by atoms with Crippen LogP contribution in [0, 0.1) is 0 Å². The first-order valence-corrected chi connectivity index (χ1v) is 2.99. The van der Waals surface area contributed by atoms with Gasteiger partial charge < -0.3 is 5.11 Å².